The molecule has 0 unspecified atom stereocenters. The standard InChI is InChI=1S/C17H27N3O5S.ClH/c1-3-25-15-7-6-14(19-17(21)13-18-8-11-24-2)12-16(15)26(22,23)20-9-4-5-10-20;/h6-7,12,18H,3-5,8-11,13H2,1-2H3,(H,19,21);1H. The molecule has 1 aromatic rings. The maximum absolute atomic E-state index is 12.9. The molecule has 27 heavy (non-hydrogen) atoms. The van der Waals surface area contributed by atoms with Crippen LogP contribution in [0.2, 0.25) is 0 Å². The van der Waals surface area contributed by atoms with E-state index in [9.17, 15) is 13.2 Å². The van der Waals surface area contributed by atoms with Gasteiger partial charge >= 0.3 is 0 Å². The zero-order chi connectivity index (χ0) is 19.0. The van der Waals surface area contributed by atoms with Crippen molar-refractivity contribution in [1.29, 1.82) is 0 Å². The lowest BCUT2D eigenvalue weighted by Crippen LogP contribution is -2.30. The SMILES string of the molecule is CCOc1ccc(NC(=O)CNCCOC)cc1S(=O)(=O)N1CCCC1.Cl. The minimum atomic E-state index is -3.65. The van der Waals surface area contributed by atoms with Crippen LogP contribution in [0.25, 0.3) is 0 Å². The van der Waals surface area contributed by atoms with Gasteiger partial charge in [0.1, 0.15) is 10.6 Å². The van der Waals surface area contributed by atoms with Crippen LogP contribution in [-0.4, -0.2) is 65.1 Å². The number of methoxy groups -OCH3 is 1. The van der Waals surface area contributed by atoms with Gasteiger partial charge in [0.15, 0.2) is 0 Å². The van der Waals surface area contributed by atoms with Gasteiger partial charge in [-0.15, -0.1) is 12.4 Å². The first-order valence-corrected chi connectivity index (χ1v) is 10.2. The number of ether oxygens (including phenoxy) is 2. The highest BCUT2D eigenvalue weighted by Crippen LogP contribution is 2.31. The fourth-order valence-corrected chi connectivity index (χ4v) is 4.39. The lowest BCUT2D eigenvalue weighted by Gasteiger charge is -2.19. The van der Waals surface area contributed by atoms with Crippen molar-refractivity contribution in [1.82, 2.24) is 9.62 Å². The van der Waals surface area contributed by atoms with Crippen molar-refractivity contribution in [2.45, 2.75) is 24.7 Å². The number of anilines is 1. The molecular weight excluding hydrogens is 394 g/mol. The number of hydrogen-bond donors (Lipinski definition) is 2. The van der Waals surface area contributed by atoms with Crippen molar-refractivity contribution >= 4 is 34.0 Å². The number of halogens is 1. The molecule has 0 radical (unpaired) electrons. The molecule has 2 rings (SSSR count). The average Bonchev–Trinajstić information content (AvgIpc) is 3.16. The van der Waals surface area contributed by atoms with E-state index in [4.69, 9.17) is 9.47 Å². The average molecular weight is 422 g/mol. The first-order chi connectivity index (χ1) is 12.5. The van der Waals surface area contributed by atoms with E-state index in [1.807, 2.05) is 0 Å². The van der Waals surface area contributed by atoms with Crippen LogP contribution in [0.5, 0.6) is 5.75 Å². The molecule has 1 aromatic carbocycles. The molecule has 0 aromatic heterocycles. The molecule has 10 heteroatoms. The number of sulfonamides is 1. The summed E-state index contributed by atoms with van der Waals surface area (Å²) < 4.78 is 37.7. The Morgan fingerprint density at radius 1 is 1.26 bits per heavy atom. The van der Waals surface area contributed by atoms with Crippen LogP contribution in [0.1, 0.15) is 19.8 Å². The second kappa shape index (κ2) is 11.5. The molecule has 1 amide bonds. The molecule has 0 saturated carbocycles. The molecule has 0 aliphatic carbocycles. The van der Waals surface area contributed by atoms with Gasteiger partial charge in [0, 0.05) is 32.4 Å². The summed E-state index contributed by atoms with van der Waals surface area (Å²) in [4.78, 5) is 12.1. The fraction of sp³-hybridized carbons (Fsp3) is 0.588. The molecule has 2 N–H and O–H groups in total. The fourth-order valence-electron chi connectivity index (χ4n) is 2.71. The van der Waals surface area contributed by atoms with E-state index in [0.29, 0.717) is 44.3 Å². The molecule has 8 nitrogen and oxygen atoms in total. The van der Waals surface area contributed by atoms with E-state index in [2.05, 4.69) is 10.6 Å². The third-order valence-corrected chi connectivity index (χ3v) is 5.90. The third-order valence-electron chi connectivity index (χ3n) is 3.98. The van der Waals surface area contributed by atoms with Crippen LogP contribution in [0.3, 0.4) is 0 Å². The monoisotopic (exact) mass is 421 g/mol. The Morgan fingerprint density at radius 2 is 1.96 bits per heavy atom. The van der Waals surface area contributed by atoms with Crippen molar-refractivity contribution in [3.63, 3.8) is 0 Å². The van der Waals surface area contributed by atoms with E-state index in [1.165, 1.54) is 10.4 Å². The van der Waals surface area contributed by atoms with E-state index in [-0.39, 0.29) is 29.8 Å². The van der Waals surface area contributed by atoms with Gasteiger partial charge < -0.3 is 20.1 Å². The highest BCUT2D eigenvalue weighted by molar-refractivity contribution is 7.89. The summed E-state index contributed by atoms with van der Waals surface area (Å²) in [6, 6.07) is 4.69. The van der Waals surface area contributed by atoms with Crippen LogP contribution in [0, 0.1) is 0 Å². The number of nitrogens with one attached hydrogen (secondary N) is 2. The second-order valence-electron chi connectivity index (χ2n) is 5.92. The molecule has 154 valence electrons. The summed E-state index contributed by atoms with van der Waals surface area (Å²) >= 11 is 0. The largest absolute Gasteiger partial charge is 0.492 e. The van der Waals surface area contributed by atoms with Gasteiger partial charge in [-0.3, -0.25) is 4.79 Å². The summed E-state index contributed by atoms with van der Waals surface area (Å²) in [6.45, 7) is 4.36. The Balaban J connectivity index is 0.00000364. The van der Waals surface area contributed by atoms with Crippen molar-refractivity contribution in [3.05, 3.63) is 18.2 Å². The Kier molecular flexibility index (Phi) is 10.0. The van der Waals surface area contributed by atoms with Crippen LogP contribution in [-0.2, 0) is 19.6 Å². The number of amides is 1. The second-order valence-corrected chi connectivity index (χ2v) is 7.83. The van der Waals surface area contributed by atoms with Crippen molar-refractivity contribution < 1.29 is 22.7 Å². The van der Waals surface area contributed by atoms with Crippen molar-refractivity contribution in [3.8, 4) is 5.75 Å². The maximum atomic E-state index is 12.9. The first-order valence-electron chi connectivity index (χ1n) is 8.75. The number of carbonyl (C=O) groups is 1. The van der Waals surface area contributed by atoms with E-state index < -0.39 is 10.0 Å². The molecule has 1 heterocycles. The lowest BCUT2D eigenvalue weighted by molar-refractivity contribution is -0.115. The van der Waals surface area contributed by atoms with Gasteiger partial charge in [0.25, 0.3) is 0 Å². The first kappa shape index (κ1) is 23.6. The molecule has 0 bridgehead atoms. The number of carbonyl (C=O) groups excluding carboxylic acids is 1. The number of benzene rings is 1. The van der Waals surface area contributed by atoms with Gasteiger partial charge in [-0.1, -0.05) is 0 Å². The maximum Gasteiger partial charge on any atom is 0.246 e. The number of rotatable bonds is 10. The van der Waals surface area contributed by atoms with Crippen LogP contribution >= 0.6 is 12.4 Å². The molecule has 0 atom stereocenters. The summed E-state index contributed by atoms with van der Waals surface area (Å²) in [6.07, 6.45) is 1.71. The topological polar surface area (TPSA) is 97.0 Å². The molecule has 1 aliphatic heterocycles. The normalized spacial score (nSPS) is 14.6. The molecular formula is C17H28ClN3O5S. The number of nitrogens with zero attached hydrogens (tertiary/aromatic N) is 1. The predicted octanol–water partition coefficient (Wildman–Crippen LogP) is 1.47. The highest BCUT2D eigenvalue weighted by atomic mass is 35.5. The molecule has 0 spiro atoms. The van der Waals surface area contributed by atoms with Gasteiger partial charge in [-0.25, -0.2) is 8.42 Å². The van der Waals surface area contributed by atoms with Crippen LogP contribution in [0.4, 0.5) is 5.69 Å². The van der Waals surface area contributed by atoms with Gasteiger partial charge in [0.05, 0.1) is 19.8 Å². The van der Waals surface area contributed by atoms with Crippen LogP contribution < -0.4 is 15.4 Å². The predicted molar refractivity (Wildman–Crippen MR) is 106 cm³/mol. The summed E-state index contributed by atoms with van der Waals surface area (Å²) in [5, 5.41) is 5.65. The molecule has 1 aliphatic rings. The zero-order valence-electron chi connectivity index (χ0n) is 15.7. The van der Waals surface area contributed by atoms with Crippen LogP contribution in [0.15, 0.2) is 23.1 Å². The summed E-state index contributed by atoms with van der Waals surface area (Å²) in [5.41, 5.74) is 0.421. The summed E-state index contributed by atoms with van der Waals surface area (Å²) in [7, 11) is -2.06. The minimum absolute atomic E-state index is 0. The van der Waals surface area contributed by atoms with E-state index in [1.54, 1.807) is 26.2 Å². The highest BCUT2D eigenvalue weighted by Gasteiger charge is 2.30. The van der Waals surface area contributed by atoms with Gasteiger partial charge in [-0.2, -0.15) is 4.31 Å². The quantitative estimate of drug-likeness (QED) is 0.555. The minimum Gasteiger partial charge on any atom is -0.492 e. The van der Waals surface area contributed by atoms with E-state index >= 15 is 0 Å². The third kappa shape index (κ3) is 6.62. The Labute approximate surface area is 167 Å². The molecule has 1 saturated heterocycles. The Morgan fingerprint density at radius 3 is 2.59 bits per heavy atom. The zero-order valence-corrected chi connectivity index (χ0v) is 17.3. The summed E-state index contributed by atoms with van der Waals surface area (Å²) in [5.74, 6) is 0.0467. The van der Waals surface area contributed by atoms with Gasteiger partial charge in [0.2, 0.25) is 15.9 Å². The Bertz CT molecular complexity index is 709. The number of hydrogen-bond acceptors (Lipinski definition) is 6. The smallest absolute Gasteiger partial charge is 0.246 e. The van der Waals surface area contributed by atoms with Gasteiger partial charge in [-0.05, 0) is 38.0 Å². The van der Waals surface area contributed by atoms with Crippen molar-refractivity contribution in [2.24, 2.45) is 0 Å². The lowest BCUT2D eigenvalue weighted by atomic mass is 10.3. The van der Waals surface area contributed by atoms with E-state index in [0.717, 1.165) is 12.8 Å². The molecule has 1 fully saturated rings. The van der Waals surface area contributed by atoms with Crippen molar-refractivity contribution in [2.75, 3.05) is 51.8 Å². The Hall–Kier alpha value is -1.39.